The van der Waals surface area contributed by atoms with Crippen molar-refractivity contribution in [3.05, 3.63) is 0 Å². The molecule has 0 heterocycles. The number of quaternary nitrogens is 1. The summed E-state index contributed by atoms with van der Waals surface area (Å²) in [4.78, 5) is 0. The van der Waals surface area contributed by atoms with E-state index in [2.05, 4.69) is 13.8 Å². The Morgan fingerprint density at radius 2 is 1.77 bits per heavy atom. The first-order chi connectivity index (χ1) is 5.42. The van der Waals surface area contributed by atoms with Gasteiger partial charge in [0.2, 0.25) is 0 Å². The molecule has 0 fully saturated rings. The zero-order chi connectivity index (χ0) is 9.78. The van der Waals surface area contributed by atoms with Gasteiger partial charge in [0, 0.05) is 0 Å². The average molecular weight is 212 g/mol. The summed E-state index contributed by atoms with van der Waals surface area (Å²) in [5.41, 5.74) is 0. The first kappa shape index (κ1) is 15.6. The Kier molecular flexibility index (Phi) is 7.93. The van der Waals surface area contributed by atoms with E-state index in [1.54, 1.807) is 0 Å². The minimum Gasteiger partial charge on any atom is -1.00 e. The number of aliphatic hydroxyl groups excluding tert-OH is 1. The van der Waals surface area contributed by atoms with Gasteiger partial charge < -0.3 is 22.3 Å². The van der Waals surface area contributed by atoms with Gasteiger partial charge in [0.05, 0.1) is 26.7 Å². The average Bonchev–Trinajstić information content (AvgIpc) is 1.99. The molecule has 3 nitrogen and oxygen atoms in total. The minimum absolute atomic E-state index is 0. The molecule has 4 heteroatoms. The third-order valence-corrected chi connectivity index (χ3v) is 2.37. The third-order valence-electron chi connectivity index (χ3n) is 2.37. The number of halogens is 1. The molecule has 0 aliphatic heterocycles. The first-order valence-electron chi connectivity index (χ1n) is 4.56. The van der Waals surface area contributed by atoms with Crippen molar-refractivity contribution in [2.45, 2.75) is 39.6 Å². The van der Waals surface area contributed by atoms with Crippen LogP contribution in [0.1, 0.15) is 27.2 Å². The second-order valence-electron chi connectivity index (χ2n) is 3.92. The van der Waals surface area contributed by atoms with Gasteiger partial charge in [-0.3, -0.25) is 4.48 Å². The molecule has 0 radical (unpaired) electrons. The number of rotatable bonds is 5. The topological polar surface area (TPSA) is 29.5 Å². The van der Waals surface area contributed by atoms with E-state index < -0.39 is 6.41 Å². The second kappa shape index (κ2) is 6.60. The van der Waals surface area contributed by atoms with Gasteiger partial charge in [-0.25, -0.2) is 0 Å². The smallest absolute Gasteiger partial charge is 0.306 e. The summed E-state index contributed by atoms with van der Waals surface area (Å²) in [6, 6.07) is 0.358. The Balaban J connectivity index is 0. The Morgan fingerprint density at radius 1 is 1.31 bits per heavy atom. The molecule has 1 N–H and O–H groups in total. The lowest BCUT2D eigenvalue weighted by Crippen LogP contribution is -3.00. The Bertz CT molecular complexity index is 129. The molecule has 0 aliphatic carbocycles. The molecule has 0 rings (SSSR count). The van der Waals surface area contributed by atoms with Crippen molar-refractivity contribution in [3.63, 3.8) is 0 Å². The fraction of sp³-hybridized carbons (Fsp3) is 1.00. The SMILES string of the molecule is CCCOC(O)[N+](C)(C)C(C)C.[Cl-]. The predicted molar refractivity (Wildman–Crippen MR) is 49.5 cm³/mol. The standard InChI is InChI=1S/C9H22NO2.ClH/c1-6-7-12-9(11)10(4,5)8(2)3;/h8-9,11H,6-7H2,1-5H3;1H/q+1;/p-1. The van der Waals surface area contributed by atoms with Crippen molar-refractivity contribution in [3.8, 4) is 0 Å². The van der Waals surface area contributed by atoms with Crippen LogP contribution in [0.5, 0.6) is 0 Å². The number of hydrogen-bond acceptors (Lipinski definition) is 2. The van der Waals surface area contributed by atoms with E-state index in [1.807, 2.05) is 21.0 Å². The Labute approximate surface area is 87.7 Å². The Hall–Kier alpha value is 0.170. The molecule has 0 saturated carbocycles. The zero-order valence-corrected chi connectivity index (χ0v) is 10.0. The van der Waals surface area contributed by atoms with Gasteiger partial charge in [-0.2, -0.15) is 0 Å². The van der Waals surface area contributed by atoms with Crippen LogP contribution in [0.3, 0.4) is 0 Å². The molecule has 82 valence electrons. The molecule has 0 saturated heterocycles. The number of ether oxygens (including phenoxy) is 1. The number of aliphatic hydroxyl groups is 1. The van der Waals surface area contributed by atoms with Gasteiger partial charge in [0.15, 0.2) is 0 Å². The molecular formula is C9H22ClNO2. The van der Waals surface area contributed by atoms with Crippen LogP contribution >= 0.6 is 0 Å². The van der Waals surface area contributed by atoms with Crippen LogP contribution in [0.4, 0.5) is 0 Å². The quantitative estimate of drug-likeness (QED) is 0.429. The van der Waals surface area contributed by atoms with E-state index in [4.69, 9.17) is 4.74 Å². The van der Waals surface area contributed by atoms with Crippen molar-refractivity contribution < 1.29 is 26.7 Å². The van der Waals surface area contributed by atoms with Crippen LogP contribution in [-0.2, 0) is 4.74 Å². The van der Waals surface area contributed by atoms with Crippen LogP contribution in [0.25, 0.3) is 0 Å². The third kappa shape index (κ3) is 4.81. The summed E-state index contributed by atoms with van der Waals surface area (Å²) >= 11 is 0. The summed E-state index contributed by atoms with van der Waals surface area (Å²) < 4.78 is 5.73. The monoisotopic (exact) mass is 211 g/mol. The fourth-order valence-electron chi connectivity index (χ4n) is 0.670. The van der Waals surface area contributed by atoms with Crippen LogP contribution < -0.4 is 12.4 Å². The molecular weight excluding hydrogens is 190 g/mol. The van der Waals surface area contributed by atoms with Crippen molar-refractivity contribution in [1.82, 2.24) is 0 Å². The van der Waals surface area contributed by atoms with Gasteiger partial charge in [0.1, 0.15) is 0 Å². The van der Waals surface area contributed by atoms with Crippen LogP contribution in [0.15, 0.2) is 0 Å². The maximum Gasteiger partial charge on any atom is 0.306 e. The largest absolute Gasteiger partial charge is 1.00 e. The van der Waals surface area contributed by atoms with E-state index >= 15 is 0 Å². The highest BCUT2D eigenvalue weighted by Crippen LogP contribution is 2.11. The van der Waals surface area contributed by atoms with Crippen molar-refractivity contribution in [1.29, 1.82) is 0 Å². The summed E-state index contributed by atoms with van der Waals surface area (Å²) in [5.74, 6) is 0. The molecule has 0 aromatic carbocycles. The molecule has 1 atom stereocenters. The maximum absolute atomic E-state index is 9.63. The van der Waals surface area contributed by atoms with E-state index in [0.29, 0.717) is 17.1 Å². The zero-order valence-electron chi connectivity index (χ0n) is 9.25. The van der Waals surface area contributed by atoms with Crippen molar-refractivity contribution in [2.75, 3.05) is 20.7 Å². The van der Waals surface area contributed by atoms with Crippen LogP contribution in [0.2, 0.25) is 0 Å². The van der Waals surface area contributed by atoms with Crippen LogP contribution in [-0.4, -0.2) is 42.7 Å². The molecule has 0 aliphatic rings. The van der Waals surface area contributed by atoms with Gasteiger partial charge in [-0.1, -0.05) is 6.92 Å². The van der Waals surface area contributed by atoms with E-state index in [0.717, 1.165) is 6.42 Å². The normalized spacial score (nSPS) is 14.1. The fourth-order valence-corrected chi connectivity index (χ4v) is 0.670. The maximum atomic E-state index is 9.63. The minimum atomic E-state index is -0.704. The summed E-state index contributed by atoms with van der Waals surface area (Å²) in [6.45, 7) is 6.79. The predicted octanol–water partition coefficient (Wildman–Crippen LogP) is -1.82. The summed E-state index contributed by atoms with van der Waals surface area (Å²) in [5, 5.41) is 9.63. The van der Waals surface area contributed by atoms with Gasteiger partial charge in [-0.05, 0) is 20.3 Å². The lowest BCUT2D eigenvalue weighted by molar-refractivity contribution is -0.979. The molecule has 0 amide bonds. The lowest BCUT2D eigenvalue weighted by atomic mass is 10.3. The van der Waals surface area contributed by atoms with Crippen molar-refractivity contribution >= 4 is 0 Å². The molecule has 13 heavy (non-hydrogen) atoms. The van der Waals surface area contributed by atoms with Gasteiger partial charge in [0.25, 0.3) is 0 Å². The first-order valence-corrected chi connectivity index (χ1v) is 4.56. The number of nitrogens with zero attached hydrogens (tertiary/aromatic N) is 1. The number of hydrogen-bond donors (Lipinski definition) is 1. The molecule has 0 aromatic heterocycles. The highest BCUT2D eigenvalue weighted by molar-refractivity contribution is 4.38. The molecule has 0 aromatic rings. The van der Waals surface area contributed by atoms with Crippen molar-refractivity contribution in [2.24, 2.45) is 0 Å². The molecule has 0 bridgehead atoms. The Morgan fingerprint density at radius 3 is 2.08 bits per heavy atom. The summed E-state index contributed by atoms with van der Waals surface area (Å²) in [6.07, 6.45) is 0.236. The second-order valence-corrected chi connectivity index (χ2v) is 3.92. The molecule has 1 unspecified atom stereocenters. The van der Waals surface area contributed by atoms with E-state index in [-0.39, 0.29) is 12.4 Å². The van der Waals surface area contributed by atoms with Gasteiger partial charge >= 0.3 is 6.41 Å². The highest BCUT2D eigenvalue weighted by atomic mass is 35.5. The highest BCUT2D eigenvalue weighted by Gasteiger charge is 2.29. The van der Waals surface area contributed by atoms with Crippen LogP contribution in [0, 0.1) is 0 Å². The van der Waals surface area contributed by atoms with Gasteiger partial charge in [-0.15, -0.1) is 0 Å². The summed E-state index contributed by atoms with van der Waals surface area (Å²) in [7, 11) is 3.93. The van der Waals surface area contributed by atoms with E-state index in [9.17, 15) is 5.11 Å². The molecule has 0 spiro atoms. The van der Waals surface area contributed by atoms with E-state index in [1.165, 1.54) is 0 Å². The lowest BCUT2D eigenvalue weighted by Gasteiger charge is -2.37.